The molecule has 0 saturated heterocycles. The third kappa shape index (κ3) is 4.79. The van der Waals surface area contributed by atoms with Gasteiger partial charge >= 0.3 is 0 Å². The number of hydrogen-bond donors (Lipinski definition) is 0. The van der Waals surface area contributed by atoms with Gasteiger partial charge in [0.25, 0.3) is 0 Å². The summed E-state index contributed by atoms with van der Waals surface area (Å²) in [4.78, 5) is 5.09. The van der Waals surface area contributed by atoms with E-state index in [0.717, 1.165) is 77.9 Å². The Hall–Kier alpha value is -7.23. The maximum absolute atomic E-state index is 6.78. The molecule has 0 atom stereocenters. The van der Waals surface area contributed by atoms with Crippen LogP contribution >= 0.6 is 0 Å². The first kappa shape index (κ1) is 30.4. The number of furan rings is 1. The molecule has 0 aliphatic heterocycles. The van der Waals surface area contributed by atoms with Gasteiger partial charge in [0.15, 0.2) is 5.58 Å². The van der Waals surface area contributed by atoms with Crippen LogP contribution in [0.4, 0.5) is 0 Å². The summed E-state index contributed by atoms with van der Waals surface area (Å²) in [7, 11) is 0. The predicted octanol–water partition coefficient (Wildman–Crippen LogP) is 13.9. The molecule has 0 aliphatic carbocycles. The van der Waals surface area contributed by atoms with Gasteiger partial charge in [0.05, 0.1) is 22.4 Å². The van der Waals surface area contributed by atoms with Crippen LogP contribution in [0.5, 0.6) is 0 Å². The van der Waals surface area contributed by atoms with Gasteiger partial charge < -0.3 is 8.98 Å². The quantitative estimate of drug-likeness (QED) is 0.180. The van der Waals surface area contributed by atoms with Crippen LogP contribution in [0.25, 0.3) is 105 Å². The smallest absolute Gasteiger partial charge is 0.160 e. The van der Waals surface area contributed by atoms with E-state index in [2.05, 4.69) is 180 Å². The van der Waals surface area contributed by atoms with E-state index in [1.54, 1.807) is 0 Å². The van der Waals surface area contributed by atoms with Gasteiger partial charge in [-0.05, 0) is 75.5 Å². The van der Waals surface area contributed by atoms with Crippen LogP contribution in [0.1, 0.15) is 0 Å². The van der Waals surface area contributed by atoms with Gasteiger partial charge in [-0.15, -0.1) is 0 Å². The molecular formula is C51H32N2O. The lowest BCUT2D eigenvalue weighted by molar-refractivity contribution is 0.671. The highest BCUT2D eigenvalue weighted by molar-refractivity contribution is 6.35. The number of fused-ring (bicyclic) bond motifs is 10. The van der Waals surface area contributed by atoms with E-state index in [0.29, 0.717) is 0 Å². The molecule has 0 unspecified atom stereocenters. The van der Waals surface area contributed by atoms with E-state index >= 15 is 0 Å². The fourth-order valence-corrected chi connectivity index (χ4v) is 8.27. The van der Waals surface area contributed by atoms with Crippen molar-refractivity contribution in [2.24, 2.45) is 0 Å². The van der Waals surface area contributed by atoms with Crippen LogP contribution in [0.2, 0.25) is 0 Å². The van der Waals surface area contributed by atoms with Crippen LogP contribution in [0.3, 0.4) is 0 Å². The van der Waals surface area contributed by atoms with E-state index in [-0.39, 0.29) is 0 Å². The first-order valence-electron chi connectivity index (χ1n) is 18.4. The Morgan fingerprint density at radius 1 is 0.370 bits per heavy atom. The van der Waals surface area contributed by atoms with Crippen molar-refractivity contribution in [3.63, 3.8) is 0 Å². The molecule has 8 aromatic carbocycles. The van der Waals surface area contributed by atoms with E-state index in [4.69, 9.17) is 9.40 Å². The maximum atomic E-state index is 6.78. The molecule has 3 nitrogen and oxygen atoms in total. The molecule has 11 rings (SSSR count). The molecule has 0 radical (unpaired) electrons. The zero-order valence-corrected chi connectivity index (χ0v) is 29.3. The van der Waals surface area contributed by atoms with Crippen LogP contribution in [-0.4, -0.2) is 9.55 Å². The van der Waals surface area contributed by atoms with E-state index in [9.17, 15) is 0 Å². The molecule has 11 aromatic rings. The topological polar surface area (TPSA) is 31.0 Å². The molecule has 0 N–H and O–H groups in total. The highest BCUT2D eigenvalue weighted by atomic mass is 16.3. The fourth-order valence-electron chi connectivity index (χ4n) is 8.27. The number of hydrogen-bond acceptors (Lipinski definition) is 2. The summed E-state index contributed by atoms with van der Waals surface area (Å²) in [5.41, 5.74) is 13.9. The standard InChI is InChI=1S/C51H32N2O/c1-4-14-35(15-5-1)44-31-38(32-45(52-44)36-16-6-2-7-17-36)34-26-24-33(25-27-34)37-28-29-46-43(30-37)48-40-20-10-11-21-41(40)49-42-22-12-13-23-47(42)54-51(49)50(48)53(46)39-18-8-3-9-19-39/h1-32H. The second-order valence-electron chi connectivity index (χ2n) is 13.9. The minimum absolute atomic E-state index is 0.900. The van der Waals surface area contributed by atoms with Gasteiger partial charge in [-0.2, -0.15) is 0 Å². The first-order chi connectivity index (χ1) is 26.8. The summed E-state index contributed by atoms with van der Waals surface area (Å²) in [5.74, 6) is 0. The Bertz CT molecular complexity index is 3120. The summed E-state index contributed by atoms with van der Waals surface area (Å²) in [6.07, 6.45) is 0. The van der Waals surface area contributed by atoms with Gasteiger partial charge in [-0.25, -0.2) is 4.98 Å². The van der Waals surface area contributed by atoms with Gasteiger partial charge in [0.1, 0.15) is 5.58 Å². The molecule has 0 spiro atoms. The average Bonchev–Trinajstić information content (AvgIpc) is 3.81. The number of para-hydroxylation sites is 2. The minimum Gasteiger partial charge on any atom is -0.454 e. The van der Waals surface area contributed by atoms with Crippen molar-refractivity contribution in [2.45, 2.75) is 0 Å². The molecule has 0 amide bonds. The fraction of sp³-hybridized carbons (Fsp3) is 0. The molecule has 3 heteroatoms. The summed E-state index contributed by atoms with van der Waals surface area (Å²) in [6, 6.07) is 68.9. The highest BCUT2D eigenvalue weighted by Gasteiger charge is 2.23. The van der Waals surface area contributed by atoms with Crippen molar-refractivity contribution < 1.29 is 4.42 Å². The zero-order valence-electron chi connectivity index (χ0n) is 29.3. The first-order valence-corrected chi connectivity index (χ1v) is 18.4. The van der Waals surface area contributed by atoms with Crippen LogP contribution < -0.4 is 0 Å². The third-order valence-corrected chi connectivity index (χ3v) is 10.8. The van der Waals surface area contributed by atoms with Gasteiger partial charge in [-0.3, -0.25) is 0 Å². The van der Waals surface area contributed by atoms with Gasteiger partial charge in [0.2, 0.25) is 0 Å². The average molecular weight is 689 g/mol. The zero-order chi connectivity index (χ0) is 35.6. The summed E-state index contributed by atoms with van der Waals surface area (Å²) >= 11 is 0. The lowest BCUT2D eigenvalue weighted by Gasteiger charge is -2.11. The second kappa shape index (κ2) is 12.2. The molecule has 3 heterocycles. The van der Waals surface area contributed by atoms with Gasteiger partial charge in [0, 0.05) is 38.4 Å². The largest absolute Gasteiger partial charge is 0.454 e. The number of rotatable bonds is 5. The van der Waals surface area contributed by atoms with Crippen molar-refractivity contribution in [1.29, 1.82) is 0 Å². The number of benzene rings is 8. The molecule has 0 bridgehead atoms. The van der Waals surface area contributed by atoms with E-state index in [1.807, 2.05) is 18.2 Å². The minimum atomic E-state index is 0.900. The Morgan fingerprint density at radius 3 is 1.54 bits per heavy atom. The highest BCUT2D eigenvalue weighted by Crippen LogP contribution is 2.46. The SMILES string of the molecule is c1ccc(-c2cc(-c3ccc(-c4ccc5c(c4)c4c6ccccc6c6c7ccccc7oc6c4n5-c4ccccc4)cc3)cc(-c3ccccc3)n2)cc1. The normalized spacial score (nSPS) is 11.7. The van der Waals surface area contributed by atoms with E-state index < -0.39 is 0 Å². The molecule has 0 saturated carbocycles. The van der Waals surface area contributed by atoms with Crippen LogP contribution in [0.15, 0.2) is 199 Å². The number of pyridine rings is 1. The van der Waals surface area contributed by atoms with Crippen molar-refractivity contribution in [1.82, 2.24) is 9.55 Å². The monoisotopic (exact) mass is 688 g/mol. The Labute approximate surface area is 312 Å². The Kier molecular flexibility index (Phi) is 6.86. The molecule has 0 aliphatic rings. The van der Waals surface area contributed by atoms with Gasteiger partial charge in [-0.1, -0.05) is 152 Å². The number of nitrogens with zero attached hydrogens (tertiary/aromatic N) is 2. The van der Waals surface area contributed by atoms with Crippen LogP contribution in [0, 0.1) is 0 Å². The van der Waals surface area contributed by atoms with Crippen molar-refractivity contribution >= 4 is 54.5 Å². The third-order valence-electron chi connectivity index (χ3n) is 10.8. The Balaban J connectivity index is 1.11. The molecule has 0 fully saturated rings. The second-order valence-corrected chi connectivity index (χ2v) is 13.9. The molecule has 3 aromatic heterocycles. The molecular weight excluding hydrogens is 657 g/mol. The van der Waals surface area contributed by atoms with Crippen molar-refractivity contribution in [3.05, 3.63) is 194 Å². The van der Waals surface area contributed by atoms with Crippen molar-refractivity contribution in [3.8, 4) is 50.5 Å². The Morgan fingerprint density at radius 2 is 0.889 bits per heavy atom. The molecule has 54 heavy (non-hydrogen) atoms. The predicted molar refractivity (Wildman–Crippen MR) is 225 cm³/mol. The summed E-state index contributed by atoms with van der Waals surface area (Å²) in [6.45, 7) is 0. The number of aromatic nitrogens is 2. The van der Waals surface area contributed by atoms with Crippen molar-refractivity contribution in [2.75, 3.05) is 0 Å². The molecule has 252 valence electrons. The maximum Gasteiger partial charge on any atom is 0.160 e. The van der Waals surface area contributed by atoms with E-state index in [1.165, 1.54) is 27.1 Å². The summed E-state index contributed by atoms with van der Waals surface area (Å²) < 4.78 is 9.17. The summed E-state index contributed by atoms with van der Waals surface area (Å²) in [5, 5.41) is 7.12. The lowest BCUT2D eigenvalue weighted by atomic mass is 9.96. The lowest BCUT2D eigenvalue weighted by Crippen LogP contribution is -1.93. The van der Waals surface area contributed by atoms with Crippen LogP contribution in [-0.2, 0) is 0 Å².